The van der Waals surface area contributed by atoms with Gasteiger partial charge in [0.2, 0.25) is 5.78 Å². The Labute approximate surface area is 223 Å². The lowest BCUT2D eigenvalue weighted by Crippen LogP contribution is -2.62. The molecular formula is C31H35NO6. The van der Waals surface area contributed by atoms with E-state index in [2.05, 4.69) is 6.92 Å². The summed E-state index contributed by atoms with van der Waals surface area (Å²) in [6, 6.07) is 8.67. The molecule has 8 atom stereocenters. The van der Waals surface area contributed by atoms with Crippen LogP contribution in [0, 0.1) is 45.8 Å². The predicted molar refractivity (Wildman–Crippen MR) is 138 cm³/mol. The number of hydrogen-bond acceptors (Lipinski definition) is 7. The largest absolute Gasteiger partial charge is 0.457 e. The molecule has 0 heterocycles. The lowest BCUT2D eigenvalue weighted by molar-refractivity contribution is -0.186. The van der Waals surface area contributed by atoms with Crippen LogP contribution in [0.2, 0.25) is 0 Å². The fourth-order valence-corrected chi connectivity index (χ4v) is 8.48. The number of aliphatic hydroxyl groups is 2. The van der Waals surface area contributed by atoms with Crippen molar-refractivity contribution in [2.75, 3.05) is 6.61 Å². The zero-order valence-electron chi connectivity index (χ0n) is 22.1. The van der Waals surface area contributed by atoms with Gasteiger partial charge in [0.15, 0.2) is 12.4 Å². The van der Waals surface area contributed by atoms with Crippen molar-refractivity contribution in [1.82, 2.24) is 0 Å². The van der Waals surface area contributed by atoms with Gasteiger partial charge in [-0.3, -0.25) is 14.4 Å². The summed E-state index contributed by atoms with van der Waals surface area (Å²) in [6.45, 7) is 5.32. The third-order valence-corrected chi connectivity index (χ3v) is 10.3. The second-order valence-electron chi connectivity index (χ2n) is 12.2. The number of carbonyl (C=O) groups is 3. The van der Waals surface area contributed by atoms with Crippen molar-refractivity contribution < 1.29 is 29.3 Å². The Morgan fingerprint density at radius 2 is 2.03 bits per heavy atom. The Kier molecular flexibility index (Phi) is 6.48. The molecule has 5 rings (SSSR count). The highest BCUT2D eigenvalue weighted by atomic mass is 16.5. The summed E-state index contributed by atoms with van der Waals surface area (Å²) in [7, 11) is 0. The van der Waals surface area contributed by atoms with Crippen LogP contribution in [0.3, 0.4) is 0 Å². The first-order chi connectivity index (χ1) is 17.9. The molecule has 1 aromatic carbocycles. The lowest BCUT2D eigenvalue weighted by Gasteiger charge is -2.59. The van der Waals surface area contributed by atoms with Gasteiger partial charge < -0.3 is 14.9 Å². The van der Waals surface area contributed by atoms with E-state index in [0.29, 0.717) is 17.5 Å². The highest BCUT2D eigenvalue weighted by Gasteiger charge is 2.70. The molecule has 0 aliphatic heterocycles. The molecule has 7 nitrogen and oxygen atoms in total. The third kappa shape index (κ3) is 3.88. The fourth-order valence-electron chi connectivity index (χ4n) is 8.48. The number of aliphatic hydroxyl groups excluding tert-OH is 1. The minimum absolute atomic E-state index is 0.00803. The molecular weight excluding hydrogens is 482 g/mol. The number of benzene rings is 1. The number of ether oxygens (including phenoxy) is 1. The summed E-state index contributed by atoms with van der Waals surface area (Å²) < 4.78 is 5.32. The molecule has 0 spiro atoms. The molecule has 38 heavy (non-hydrogen) atoms. The van der Waals surface area contributed by atoms with Gasteiger partial charge in [0, 0.05) is 16.7 Å². The molecule has 4 aliphatic rings. The molecule has 0 saturated heterocycles. The highest BCUT2D eigenvalue weighted by molar-refractivity contribution is 6.01. The first-order valence-electron chi connectivity index (χ1n) is 13.5. The van der Waals surface area contributed by atoms with Gasteiger partial charge in [0.25, 0.3) is 0 Å². The average Bonchev–Trinajstić information content (AvgIpc) is 3.08. The van der Waals surface area contributed by atoms with Crippen molar-refractivity contribution in [3.8, 4) is 6.07 Å². The lowest BCUT2D eigenvalue weighted by atomic mass is 9.46. The minimum atomic E-state index is -1.74. The second kappa shape index (κ2) is 9.29. The maximum Gasteiger partial charge on any atom is 0.310 e. The van der Waals surface area contributed by atoms with Gasteiger partial charge in [0.1, 0.15) is 5.60 Å². The van der Waals surface area contributed by atoms with Crippen LogP contribution in [0.4, 0.5) is 0 Å². The summed E-state index contributed by atoms with van der Waals surface area (Å²) in [4.78, 5) is 38.1. The molecule has 1 aromatic rings. The molecule has 2 N–H and O–H groups in total. The molecule has 0 amide bonds. The zero-order valence-corrected chi connectivity index (χ0v) is 22.1. The molecule has 0 radical (unpaired) electrons. The van der Waals surface area contributed by atoms with Crippen molar-refractivity contribution >= 4 is 17.5 Å². The summed E-state index contributed by atoms with van der Waals surface area (Å²) in [5.41, 5.74) is -0.935. The molecule has 0 aromatic heterocycles. The molecule has 200 valence electrons. The summed E-state index contributed by atoms with van der Waals surface area (Å²) in [6.07, 6.45) is 6.83. The quantitative estimate of drug-likeness (QED) is 0.573. The van der Waals surface area contributed by atoms with Gasteiger partial charge in [-0.25, -0.2) is 0 Å². The average molecular weight is 518 g/mol. The topological polar surface area (TPSA) is 125 Å². The molecule has 3 saturated carbocycles. The first-order valence-corrected chi connectivity index (χ1v) is 13.5. The smallest absolute Gasteiger partial charge is 0.310 e. The van der Waals surface area contributed by atoms with Crippen LogP contribution in [0.15, 0.2) is 48.1 Å². The van der Waals surface area contributed by atoms with E-state index in [0.717, 1.165) is 18.4 Å². The van der Waals surface area contributed by atoms with Crippen LogP contribution in [0.5, 0.6) is 0 Å². The Bertz CT molecular complexity index is 1290. The number of nitrogens with zero attached hydrogens (tertiary/aromatic N) is 1. The maximum atomic E-state index is 13.6. The first kappa shape index (κ1) is 26.5. The van der Waals surface area contributed by atoms with E-state index in [1.807, 2.05) is 26.0 Å². The number of nitriles is 1. The van der Waals surface area contributed by atoms with Crippen molar-refractivity contribution in [2.45, 2.75) is 64.6 Å². The van der Waals surface area contributed by atoms with Gasteiger partial charge in [0.05, 0.1) is 24.2 Å². The van der Waals surface area contributed by atoms with E-state index in [1.165, 1.54) is 0 Å². The van der Waals surface area contributed by atoms with Crippen molar-refractivity contribution in [3.63, 3.8) is 0 Å². The number of Topliss-reactive ketones (excluding diaryl/α,β-unsaturated/α-hetero) is 1. The SMILES string of the molecule is C[C@@H]1CC2C3CCC4=CC(=O)C=CC4(C)C3[C@@H](O)CC2(C)[C@@]1(O)C(=O)COC(=O)Cc1cccc(C#N)c1. The van der Waals surface area contributed by atoms with Crippen LogP contribution >= 0.6 is 0 Å². The molecule has 3 fully saturated rings. The molecule has 4 aliphatic carbocycles. The van der Waals surface area contributed by atoms with Gasteiger partial charge in [-0.2, -0.15) is 5.26 Å². The van der Waals surface area contributed by atoms with Crippen LogP contribution in [-0.2, 0) is 25.5 Å². The molecule has 5 unspecified atom stereocenters. The van der Waals surface area contributed by atoms with Gasteiger partial charge in [-0.15, -0.1) is 0 Å². The van der Waals surface area contributed by atoms with Crippen molar-refractivity contribution in [3.05, 3.63) is 59.2 Å². The second-order valence-corrected chi connectivity index (χ2v) is 12.2. The number of ketones is 2. The van der Waals surface area contributed by atoms with Crippen molar-refractivity contribution in [1.29, 1.82) is 5.26 Å². The van der Waals surface area contributed by atoms with Crippen LogP contribution in [0.1, 0.15) is 57.6 Å². The Morgan fingerprint density at radius 3 is 2.76 bits per heavy atom. The standard InChI is InChI=1S/C31H35NO6/c1-18-11-24-23-8-7-21-14-22(33)9-10-29(21,2)28(23)25(34)15-30(24,3)31(18,37)26(35)17-38-27(36)13-19-5-4-6-20(12-19)16-32/h4-6,9-10,12,14,18,23-25,28,34,37H,7-8,11,13,15,17H2,1-3H3/t18-,23?,24?,25+,28?,29?,30?,31+/m1/s1. The van der Waals surface area contributed by atoms with E-state index in [1.54, 1.807) is 36.4 Å². The Hall–Kier alpha value is -3.08. The molecule has 7 heteroatoms. The van der Waals surface area contributed by atoms with Gasteiger partial charge in [-0.1, -0.05) is 44.6 Å². The number of allylic oxidation sites excluding steroid dienone is 4. The van der Waals surface area contributed by atoms with E-state index >= 15 is 0 Å². The summed E-state index contributed by atoms with van der Waals surface area (Å²) in [5, 5.41) is 32.6. The predicted octanol–water partition coefficient (Wildman–Crippen LogP) is 3.47. The maximum absolute atomic E-state index is 13.6. The zero-order chi connectivity index (χ0) is 27.5. The van der Waals surface area contributed by atoms with Gasteiger partial charge in [-0.05, 0) is 73.3 Å². The Morgan fingerprint density at radius 1 is 1.26 bits per heavy atom. The number of fused-ring (bicyclic) bond motifs is 5. The number of carbonyl (C=O) groups excluding carboxylic acids is 3. The van der Waals surface area contributed by atoms with Crippen LogP contribution in [0.25, 0.3) is 0 Å². The van der Waals surface area contributed by atoms with E-state index in [-0.39, 0.29) is 42.3 Å². The van der Waals surface area contributed by atoms with Crippen LogP contribution < -0.4 is 0 Å². The highest BCUT2D eigenvalue weighted by Crippen LogP contribution is 2.68. The summed E-state index contributed by atoms with van der Waals surface area (Å²) in [5.74, 6) is -1.53. The van der Waals surface area contributed by atoms with E-state index < -0.39 is 40.9 Å². The summed E-state index contributed by atoms with van der Waals surface area (Å²) >= 11 is 0. The monoisotopic (exact) mass is 517 g/mol. The third-order valence-electron chi connectivity index (χ3n) is 10.3. The van der Waals surface area contributed by atoms with E-state index in [9.17, 15) is 24.6 Å². The van der Waals surface area contributed by atoms with Crippen molar-refractivity contribution in [2.24, 2.45) is 34.5 Å². The van der Waals surface area contributed by atoms with Gasteiger partial charge >= 0.3 is 5.97 Å². The van der Waals surface area contributed by atoms with E-state index in [4.69, 9.17) is 10.00 Å². The van der Waals surface area contributed by atoms with Crippen LogP contribution in [-0.4, -0.2) is 46.1 Å². The Balaban J connectivity index is 1.34. The molecule has 0 bridgehead atoms. The number of hydrogen-bond donors (Lipinski definition) is 2. The fraction of sp³-hybridized carbons (Fsp3) is 0.548. The minimum Gasteiger partial charge on any atom is -0.457 e. The normalized spacial score (nSPS) is 39.3. The number of rotatable bonds is 5. The number of esters is 1.